The molecule has 0 aromatic heterocycles. The van der Waals surface area contributed by atoms with E-state index >= 15 is 0 Å². The molecule has 11 rings (SSSR count). The average Bonchev–Trinajstić information content (AvgIpc) is 1.59. The monoisotopic (exact) mass is 1230 g/mol. The highest BCUT2D eigenvalue weighted by Gasteiger charge is 2.73. The normalized spacial score (nSPS) is 58.1. The van der Waals surface area contributed by atoms with Crippen molar-refractivity contribution in [3.8, 4) is 0 Å². The molecule has 85 heavy (non-hydrogen) atoms. The Morgan fingerprint density at radius 2 is 1.01 bits per heavy atom. The lowest BCUT2D eigenvalue weighted by Gasteiger charge is -2.62. The Morgan fingerprint density at radius 1 is 0.447 bits per heavy atom. The molecule has 7 saturated heterocycles. The van der Waals surface area contributed by atoms with Crippen LogP contribution in [0.3, 0.4) is 0 Å². The number of fused-ring (bicyclic) bond motifs is 7. The minimum Gasteiger partial charge on any atom is -0.394 e. The highest BCUT2D eigenvalue weighted by atomic mass is 16.8. The number of aliphatic hydroxyl groups excluding tert-OH is 17. The van der Waals surface area contributed by atoms with Gasteiger partial charge in [0.25, 0.3) is 0 Å². The highest BCUT2D eigenvalue weighted by Crippen LogP contribution is 2.71. The average molecular weight is 1230 g/mol. The Hall–Kier alpha value is -1.16. The zero-order valence-electron chi connectivity index (χ0n) is 48.1. The van der Waals surface area contributed by atoms with Crippen molar-refractivity contribution in [1.82, 2.24) is 0 Å². The molecule has 4 saturated carbocycles. The van der Waals surface area contributed by atoms with E-state index < -0.39 is 205 Å². The molecule has 7 heterocycles. The van der Waals surface area contributed by atoms with Crippen LogP contribution < -0.4 is 0 Å². The maximum atomic E-state index is 12.3. The summed E-state index contributed by atoms with van der Waals surface area (Å²) in [5.74, 6) is 0.388. The lowest BCUT2D eigenvalue weighted by atomic mass is 9.44. The molecule has 4 aliphatic carbocycles. The van der Waals surface area contributed by atoms with Gasteiger partial charge in [-0.15, -0.1) is 0 Å². The van der Waals surface area contributed by atoms with Gasteiger partial charge in [-0.3, -0.25) is 0 Å². The van der Waals surface area contributed by atoms with E-state index in [1.54, 1.807) is 0 Å². The van der Waals surface area contributed by atoms with E-state index in [0.717, 1.165) is 38.5 Å². The van der Waals surface area contributed by atoms with E-state index in [2.05, 4.69) is 27.7 Å². The van der Waals surface area contributed by atoms with Crippen LogP contribution in [0.15, 0.2) is 0 Å². The molecule has 0 radical (unpaired) electrons. The lowest BCUT2D eigenvalue weighted by molar-refractivity contribution is -0.410. The molecular formula is C56H92O29. The summed E-state index contributed by atoms with van der Waals surface area (Å²) in [6.45, 7) is 5.21. The predicted molar refractivity (Wildman–Crippen MR) is 278 cm³/mol. The fourth-order valence-corrected chi connectivity index (χ4v) is 17.4. The molecule has 0 aromatic carbocycles. The van der Waals surface area contributed by atoms with Crippen LogP contribution in [-0.4, -0.2) is 304 Å². The van der Waals surface area contributed by atoms with Gasteiger partial charge in [-0.25, -0.2) is 0 Å². The summed E-state index contributed by atoms with van der Waals surface area (Å²) in [5, 5.41) is 188. The van der Waals surface area contributed by atoms with Crippen molar-refractivity contribution in [3.63, 3.8) is 0 Å². The number of ether oxygens (including phenoxy) is 12. The lowest BCUT2D eigenvalue weighted by Crippen LogP contribution is -2.69. The van der Waals surface area contributed by atoms with Crippen LogP contribution in [0.25, 0.3) is 0 Å². The molecule has 17 N–H and O–H groups in total. The summed E-state index contributed by atoms with van der Waals surface area (Å²) in [6.07, 6.45) is -42.5. The third kappa shape index (κ3) is 11.3. The summed E-state index contributed by atoms with van der Waals surface area (Å²) in [6, 6.07) is 0. The van der Waals surface area contributed by atoms with E-state index in [9.17, 15) is 86.8 Å². The quantitative estimate of drug-likeness (QED) is 0.0719. The number of rotatable bonds is 14. The number of aliphatic hydroxyl groups is 17. The van der Waals surface area contributed by atoms with E-state index in [-0.39, 0.29) is 52.4 Å². The first-order valence-electron chi connectivity index (χ1n) is 30.5. The topological polar surface area (TPSA) is 455 Å². The molecule has 7 aliphatic heterocycles. The number of hydrogen-bond acceptors (Lipinski definition) is 29. The van der Waals surface area contributed by atoms with Gasteiger partial charge in [-0.2, -0.15) is 0 Å². The molecule has 29 heteroatoms. The number of hydrogen-bond donors (Lipinski definition) is 17. The van der Waals surface area contributed by atoms with Crippen LogP contribution in [0.2, 0.25) is 0 Å². The summed E-state index contributed by atoms with van der Waals surface area (Å²) in [5.41, 5.74) is -0.531. The molecular weight excluding hydrogens is 1140 g/mol. The van der Waals surface area contributed by atoms with Crippen LogP contribution in [-0.2, 0) is 56.8 Å². The Kier molecular flexibility index (Phi) is 19.5. The fraction of sp³-hybridized carbons (Fsp3) is 1.00. The van der Waals surface area contributed by atoms with E-state index in [4.69, 9.17) is 56.8 Å². The molecule has 1 spiro atoms. The first kappa shape index (κ1) is 65.3. The Balaban J connectivity index is 0.797. The summed E-state index contributed by atoms with van der Waals surface area (Å²) in [7, 11) is 0. The molecule has 490 valence electrons. The second kappa shape index (κ2) is 25.4. The van der Waals surface area contributed by atoms with E-state index in [0.29, 0.717) is 25.4 Å². The second-order valence-electron chi connectivity index (χ2n) is 26.9. The van der Waals surface area contributed by atoms with Crippen LogP contribution in [0, 0.1) is 52.3 Å². The standard InChI is InChI=1S/C56H92O29/c1-19-7-10-56(75-17-19)20(2)31-45(85-56)37(67)32-22-6-5-21-11-26(24(61)12-55(21,4)23(22)8-9-54(31,32)3)76-50-42(72)39(69)44(30(16-60)80-50)81-53-48(47(36(66)29(15-59)79-53)83-49-40(70)33(63)25(62)18-74-49)84-52-43(73)46(35(65)28(14-58)78-52)82-51-41(71)38(68)34(64)27(13-57)77-51/h19-53,57-73H,5-18H2,1-4H3/t19-,20+,21+,22-,23-,24-,25-,26-,27-,28-,29-,30-,31+,32-,33+,34-,35+,36-,37+,38+,39-,40-,41-,42-,43-,44+,45-,46+,47+,48-,49+,50-,51+,52+,53+,54-,55+,56-/m1/s1. The van der Waals surface area contributed by atoms with Crippen molar-refractivity contribution < 1.29 is 144 Å². The maximum absolute atomic E-state index is 12.3. The van der Waals surface area contributed by atoms with Crippen molar-refractivity contribution in [2.75, 3.05) is 39.6 Å². The molecule has 38 atom stereocenters. The Bertz CT molecular complexity index is 2220. The van der Waals surface area contributed by atoms with Gasteiger partial charge in [0, 0.05) is 18.3 Å². The second-order valence-corrected chi connectivity index (χ2v) is 26.9. The zero-order valence-corrected chi connectivity index (χ0v) is 48.1. The summed E-state index contributed by atoms with van der Waals surface area (Å²) < 4.78 is 72.8. The first-order chi connectivity index (χ1) is 40.3. The Morgan fingerprint density at radius 3 is 1.67 bits per heavy atom. The van der Waals surface area contributed by atoms with Crippen molar-refractivity contribution in [2.45, 2.75) is 257 Å². The van der Waals surface area contributed by atoms with Gasteiger partial charge in [0.2, 0.25) is 0 Å². The minimum absolute atomic E-state index is 0.00749. The van der Waals surface area contributed by atoms with E-state index in [1.165, 1.54) is 0 Å². The summed E-state index contributed by atoms with van der Waals surface area (Å²) in [4.78, 5) is 0. The fourth-order valence-electron chi connectivity index (χ4n) is 17.4. The first-order valence-corrected chi connectivity index (χ1v) is 30.5. The van der Waals surface area contributed by atoms with Crippen molar-refractivity contribution in [1.29, 1.82) is 0 Å². The Labute approximate surface area is 491 Å². The molecule has 0 bridgehead atoms. The van der Waals surface area contributed by atoms with Crippen molar-refractivity contribution in [3.05, 3.63) is 0 Å². The summed E-state index contributed by atoms with van der Waals surface area (Å²) >= 11 is 0. The molecule has 29 nitrogen and oxygen atoms in total. The van der Waals surface area contributed by atoms with Gasteiger partial charge in [0.05, 0.1) is 64.1 Å². The van der Waals surface area contributed by atoms with Crippen LogP contribution in [0.5, 0.6) is 0 Å². The third-order valence-corrected chi connectivity index (χ3v) is 22.2. The van der Waals surface area contributed by atoms with Gasteiger partial charge in [-0.1, -0.05) is 27.7 Å². The van der Waals surface area contributed by atoms with Crippen LogP contribution >= 0.6 is 0 Å². The predicted octanol–water partition coefficient (Wildman–Crippen LogP) is -6.50. The molecule has 0 amide bonds. The zero-order chi connectivity index (χ0) is 61.1. The minimum atomic E-state index is -2.21. The third-order valence-electron chi connectivity index (χ3n) is 22.2. The van der Waals surface area contributed by atoms with Gasteiger partial charge >= 0.3 is 0 Å². The van der Waals surface area contributed by atoms with Gasteiger partial charge in [0.1, 0.15) is 116 Å². The van der Waals surface area contributed by atoms with E-state index in [1.807, 2.05) is 0 Å². The van der Waals surface area contributed by atoms with Crippen LogP contribution in [0.4, 0.5) is 0 Å². The molecule has 0 aromatic rings. The maximum Gasteiger partial charge on any atom is 0.187 e. The SMILES string of the molecule is C[C@@H]1CC[C@@]2(OC1)O[C@H]1[C@@H](O)[C@H]3[C@@H]4CC[C@H]5C[C@@H](O[C@@H]6O[C@H](CO)[C@H](O[C@@H]7O[C@H](CO)[C@@H](O)[C@H](O[C@@H]8OC[C@@H](O)[C@H](O)[C@H]8O)[C@H]7O[C@@H]7O[C@H](CO)[C@H](O)[C@H](O[C@@H]8O[C@H](CO)[C@@H](O)[C@H](O)[C@H]8O)[C@H]7O)[C@H](O)[C@H]6O)[C@H](O)C[C@]5(C)[C@@H]4CC[C@]3(C)[C@H]1[C@@H]2C. The van der Waals surface area contributed by atoms with Crippen molar-refractivity contribution in [2.24, 2.45) is 52.3 Å². The smallest absolute Gasteiger partial charge is 0.187 e. The molecule has 11 aliphatic rings. The largest absolute Gasteiger partial charge is 0.394 e. The molecule has 11 fully saturated rings. The highest BCUT2D eigenvalue weighted by molar-refractivity contribution is 5.19. The van der Waals surface area contributed by atoms with Crippen molar-refractivity contribution >= 4 is 0 Å². The van der Waals surface area contributed by atoms with Crippen LogP contribution in [0.1, 0.15) is 79.1 Å². The van der Waals surface area contributed by atoms with Gasteiger partial charge in [0.15, 0.2) is 37.2 Å². The molecule has 0 unspecified atom stereocenters. The van der Waals surface area contributed by atoms with Gasteiger partial charge in [-0.05, 0) is 85.4 Å². The van der Waals surface area contributed by atoms with Gasteiger partial charge < -0.3 is 144 Å².